The van der Waals surface area contributed by atoms with Crippen LogP contribution in [0.25, 0.3) is 10.8 Å². The van der Waals surface area contributed by atoms with Gasteiger partial charge in [-0.05, 0) is 48.6 Å². The SMILES string of the molecule is CC[C@]12C=CCCOC(=O)[C@H]1[C@H]1C(=O)N(CCCCO)C3C(=O)N(c4ccc5ccccc5c4)CC=C[C@@]31O2. The van der Waals surface area contributed by atoms with Crippen molar-refractivity contribution in [3.63, 3.8) is 0 Å². The lowest BCUT2D eigenvalue weighted by atomic mass is 9.73. The van der Waals surface area contributed by atoms with Gasteiger partial charge in [-0.2, -0.15) is 0 Å². The van der Waals surface area contributed by atoms with Crippen molar-refractivity contribution < 1.29 is 29.0 Å². The zero-order valence-electron chi connectivity index (χ0n) is 22.1. The lowest BCUT2D eigenvalue weighted by molar-refractivity contribution is -0.160. The average molecular weight is 531 g/mol. The minimum Gasteiger partial charge on any atom is -0.465 e. The topological polar surface area (TPSA) is 96.4 Å². The van der Waals surface area contributed by atoms with Gasteiger partial charge in [0.25, 0.3) is 5.91 Å². The summed E-state index contributed by atoms with van der Waals surface area (Å²) in [5, 5.41) is 11.5. The number of amides is 2. The Balaban J connectivity index is 1.47. The average Bonchev–Trinajstić information content (AvgIpc) is 3.28. The summed E-state index contributed by atoms with van der Waals surface area (Å²) < 4.78 is 12.5. The molecule has 2 saturated heterocycles. The van der Waals surface area contributed by atoms with Gasteiger partial charge in [-0.3, -0.25) is 14.4 Å². The van der Waals surface area contributed by atoms with Crippen LogP contribution >= 0.6 is 0 Å². The Kier molecular flexibility index (Phi) is 6.55. The number of hydrogen-bond acceptors (Lipinski definition) is 6. The highest BCUT2D eigenvalue weighted by Gasteiger charge is 2.75. The largest absolute Gasteiger partial charge is 0.465 e. The Labute approximate surface area is 227 Å². The van der Waals surface area contributed by atoms with Gasteiger partial charge >= 0.3 is 5.97 Å². The summed E-state index contributed by atoms with van der Waals surface area (Å²) in [6, 6.07) is 12.9. The number of cyclic esters (lactones) is 1. The summed E-state index contributed by atoms with van der Waals surface area (Å²) >= 11 is 0. The zero-order chi connectivity index (χ0) is 27.2. The fourth-order valence-electron chi connectivity index (χ4n) is 6.94. The third-order valence-electron chi connectivity index (χ3n) is 8.75. The molecule has 0 aliphatic carbocycles. The number of likely N-dealkylation sites (tertiary alicyclic amines) is 1. The van der Waals surface area contributed by atoms with E-state index in [0.717, 1.165) is 16.5 Å². The van der Waals surface area contributed by atoms with Crippen LogP contribution in [0.5, 0.6) is 0 Å². The summed E-state index contributed by atoms with van der Waals surface area (Å²) in [6.07, 6.45) is 9.66. The van der Waals surface area contributed by atoms with Crippen molar-refractivity contribution >= 4 is 34.2 Å². The molecule has 4 aliphatic rings. The first-order chi connectivity index (χ1) is 19.0. The van der Waals surface area contributed by atoms with Gasteiger partial charge in [0.15, 0.2) is 0 Å². The highest BCUT2D eigenvalue weighted by Crippen LogP contribution is 2.58. The summed E-state index contributed by atoms with van der Waals surface area (Å²) in [6.45, 7) is 2.77. The number of esters is 1. The normalized spacial score (nSPS) is 31.9. The molecule has 204 valence electrons. The third-order valence-corrected chi connectivity index (χ3v) is 8.75. The number of fused-ring (bicyclic) bond motifs is 3. The first-order valence-electron chi connectivity index (χ1n) is 13.9. The van der Waals surface area contributed by atoms with Gasteiger partial charge in [0, 0.05) is 25.4 Å². The molecule has 5 atom stereocenters. The van der Waals surface area contributed by atoms with Gasteiger partial charge < -0.3 is 24.4 Å². The molecule has 2 aromatic carbocycles. The smallest absolute Gasteiger partial charge is 0.313 e. The van der Waals surface area contributed by atoms with Gasteiger partial charge in [0.05, 0.1) is 12.5 Å². The molecular weight excluding hydrogens is 496 g/mol. The fourth-order valence-corrected chi connectivity index (χ4v) is 6.94. The van der Waals surface area contributed by atoms with Crippen LogP contribution in [0, 0.1) is 11.8 Å². The van der Waals surface area contributed by atoms with Gasteiger partial charge in [-0.1, -0.05) is 61.6 Å². The number of nitrogens with zero attached hydrogens (tertiary/aromatic N) is 2. The number of carbonyl (C=O) groups excluding carboxylic acids is 3. The Morgan fingerprint density at radius 2 is 1.79 bits per heavy atom. The van der Waals surface area contributed by atoms with E-state index in [1.165, 1.54) is 0 Å². The van der Waals surface area contributed by atoms with Crippen LogP contribution in [-0.4, -0.2) is 71.3 Å². The number of ether oxygens (including phenoxy) is 2. The second-order valence-electron chi connectivity index (χ2n) is 10.8. The maximum absolute atomic E-state index is 14.5. The lowest BCUT2D eigenvalue weighted by Gasteiger charge is -2.38. The number of unbranched alkanes of at least 4 members (excludes halogenated alkanes) is 1. The summed E-state index contributed by atoms with van der Waals surface area (Å²) in [4.78, 5) is 45.5. The van der Waals surface area contributed by atoms with E-state index in [9.17, 15) is 19.5 Å². The number of hydrogen-bond donors (Lipinski definition) is 1. The molecule has 39 heavy (non-hydrogen) atoms. The molecule has 8 nitrogen and oxygen atoms in total. The molecule has 0 bridgehead atoms. The van der Waals surface area contributed by atoms with E-state index in [0.29, 0.717) is 32.2 Å². The van der Waals surface area contributed by atoms with Gasteiger partial charge in [-0.15, -0.1) is 0 Å². The third kappa shape index (κ3) is 3.92. The molecule has 2 fully saturated rings. The van der Waals surface area contributed by atoms with E-state index in [1.54, 1.807) is 9.80 Å². The molecule has 0 saturated carbocycles. The highest BCUT2D eigenvalue weighted by molar-refractivity contribution is 6.06. The summed E-state index contributed by atoms with van der Waals surface area (Å²) in [7, 11) is 0. The summed E-state index contributed by atoms with van der Waals surface area (Å²) in [5.74, 6) is -2.72. The van der Waals surface area contributed by atoms with Crippen LogP contribution in [0.15, 0.2) is 66.8 Å². The van der Waals surface area contributed by atoms with E-state index in [-0.39, 0.29) is 31.6 Å². The van der Waals surface area contributed by atoms with Crippen LogP contribution in [-0.2, 0) is 23.9 Å². The number of aliphatic hydroxyl groups excluding tert-OH is 1. The summed E-state index contributed by atoms with van der Waals surface area (Å²) in [5.41, 5.74) is -1.62. The molecule has 4 aliphatic heterocycles. The van der Waals surface area contributed by atoms with E-state index in [4.69, 9.17) is 9.47 Å². The number of aliphatic hydroxyl groups is 1. The number of rotatable bonds is 6. The molecule has 8 heteroatoms. The fraction of sp³-hybridized carbons (Fsp3) is 0.452. The maximum Gasteiger partial charge on any atom is 0.313 e. The number of benzene rings is 2. The molecule has 2 amide bonds. The van der Waals surface area contributed by atoms with E-state index in [1.807, 2.05) is 73.7 Å². The molecular formula is C31H34N2O6. The van der Waals surface area contributed by atoms with Crippen molar-refractivity contribution in [2.24, 2.45) is 11.8 Å². The van der Waals surface area contributed by atoms with E-state index in [2.05, 4.69) is 0 Å². The van der Waals surface area contributed by atoms with Crippen molar-refractivity contribution in [3.05, 3.63) is 66.8 Å². The molecule has 6 rings (SSSR count). The molecule has 0 radical (unpaired) electrons. The second-order valence-corrected chi connectivity index (χ2v) is 10.8. The first kappa shape index (κ1) is 25.8. The minimum absolute atomic E-state index is 0.00642. The lowest BCUT2D eigenvalue weighted by Crippen LogP contribution is -2.56. The van der Waals surface area contributed by atoms with Gasteiger partial charge in [-0.25, -0.2) is 0 Å². The monoisotopic (exact) mass is 530 g/mol. The van der Waals surface area contributed by atoms with Crippen molar-refractivity contribution in [2.45, 2.75) is 49.9 Å². The van der Waals surface area contributed by atoms with Crippen LogP contribution in [0.2, 0.25) is 0 Å². The molecule has 0 aromatic heterocycles. The number of anilines is 1. The van der Waals surface area contributed by atoms with Crippen molar-refractivity contribution in [3.8, 4) is 0 Å². The van der Waals surface area contributed by atoms with E-state index < -0.39 is 35.0 Å². The Morgan fingerprint density at radius 1 is 0.974 bits per heavy atom. The minimum atomic E-state index is -1.31. The molecule has 1 N–H and O–H groups in total. The first-order valence-corrected chi connectivity index (χ1v) is 13.9. The molecule has 2 aromatic rings. The highest BCUT2D eigenvalue weighted by atomic mass is 16.6. The zero-order valence-corrected chi connectivity index (χ0v) is 22.1. The number of carbonyl (C=O) groups is 3. The Morgan fingerprint density at radius 3 is 2.59 bits per heavy atom. The van der Waals surface area contributed by atoms with Crippen LogP contribution in [0.3, 0.4) is 0 Å². The standard InChI is InChI=1S/C31H34N2O6/c1-2-30-14-5-8-19-38-29(37)25(30)24-27(35)33(16-6-7-18-34)26-28(36)32(17-9-15-31(24,26)39-30)23-13-12-21-10-3-4-11-22(21)20-23/h3-5,9-15,20,24-26,34H,2,6-8,16-19H2,1H3/t24-,25+,26?,30-,31-/m0/s1. The maximum atomic E-state index is 14.5. The van der Waals surface area contributed by atoms with Crippen LogP contribution in [0.4, 0.5) is 5.69 Å². The molecule has 1 spiro atoms. The van der Waals surface area contributed by atoms with Gasteiger partial charge in [0.2, 0.25) is 5.91 Å². The van der Waals surface area contributed by atoms with Crippen LogP contribution in [0.1, 0.15) is 32.6 Å². The van der Waals surface area contributed by atoms with Crippen molar-refractivity contribution in [1.29, 1.82) is 0 Å². The van der Waals surface area contributed by atoms with Crippen molar-refractivity contribution in [1.82, 2.24) is 4.90 Å². The second kappa shape index (κ2) is 9.92. The predicted octanol–water partition coefficient (Wildman–Crippen LogP) is 3.38. The predicted molar refractivity (Wildman–Crippen MR) is 146 cm³/mol. The quantitative estimate of drug-likeness (QED) is 0.350. The van der Waals surface area contributed by atoms with E-state index >= 15 is 0 Å². The van der Waals surface area contributed by atoms with Crippen molar-refractivity contribution in [2.75, 3.05) is 31.2 Å². The van der Waals surface area contributed by atoms with Gasteiger partial charge in [0.1, 0.15) is 23.2 Å². The van der Waals surface area contributed by atoms with Crippen LogP contribution < -0.4 is 4.90 Å². The molecule has 4 heterocycles. The Bertz CT molecular complexity index is 1370. The Hall–Kier alpha value is -3.49. The molecule has 1 unspecified atom stereocenters.